The Morgan fingerprint density at radius 2 is 1.48 bits per heavy atom. The van der Waals surface area contributed by atoms with Gasteiger partial charge in [0.05, 0.1) is 18.9 Å². The maximum absolute atomic E-state index is 11.8. The van der Waals surface area contributed by atoms with Gasteiger partial charge in [-0.05, 0) is 25.0 Å². The van der Waals surface area contributed by atoms with Crippen molar-refractivity contribution < 1.29 is 48.4 Å². The van der Waals surface area contributed by atoms with E-state index in [4.69, 9.17) is 24.7 Å². The number of primary amides is 1. The quantitative estimate of drug-likeness (QED) is 0.106. The average molecular weight is 614 g/mol. The first-order valence-electron chi connectivity index (χ1n) is 13.5. The monoisotopic (exact) mass is 613 g/mol. The zero-order valence-electron chi connectivity index (χ0n) is 24.2. The van der Waals surface area contributed by atoms with Gasteiger partial charge in [0.2, 0.25) is 5.82 Å². The molecular formula is C29H35N5O10. The van der Waals surface area contributed by atoms with Crippen LogP contribution in [0.3, 0.4) is 0 Å². The van der Waals surface area contributed by atoms with Gasteiger partial charge >= 0.3 is 11.9 Å². The van der Waals surface area contributed by atoms with Crippen molar-refractivity contribution in [2.24, 2.45) is 10.9 Å². The van der Waals surface area contributed by atoms with E-state index in [1.165, 1.54) is 0 Å². The van der Waals surface area contributed by atoms with E-state index >= 15 is 0 Å². The molecule has 0 aliphatic carbocycles. The second-order valence-corrected chi connectivity index (χ2v) is 9.60. The summed E-state index contributed by atoms with van der Waals surface area (Å²) >= 11 is 0. The molecule has 1 fully saturated rings. The van der Waals surface area contributed by atoms with Crippen molar-refractivity contribution in [2.75, 3.05) is 19.8 Å². The van der Waals surface area contributed by atoms with E-state index in [2.05, 4.69) is 20.1 Å². The molecular weight excluding hydrogens is 578 g/mol. The van der Waals surface area contributed by atoms with Crippen LogP contribution in [0, 0.1) is 0 Å². The lowest BCUT2D eigenvalue weighted by atomic mass is 10.1. The van der Waals surface area contributed by atoms with Gasteiger partial charge < -0.3 is 39.7 Å². The molecule has 44 heavy (non-hydrogen) atoms. The van der Waals surface area contributed by atoms with Crippen molar-refractivity contribution in [3.63, 3.8) is 0 Å². The van der Waals surface area contributed by atoms with E-state index in [9.17, 15) is 24.6 Å². The lowest BCUT2D eigenvalue weighted by molar-refractivity contribution is -0.155. The number of aliphatic hydroxyl groups excluding tert-OH is 2. The van der Waals surface area contributed by atoms with Gasteiger partial charge in [0, 0.05) is 0 Å². The van der Waals surface area contributed by atoms with Gasteiger partial charge in [-0.1, -0.05) is 65.8 Å². The molecule has 15 nitrogen and oxygen atoms in total. The van der Waals surface area contributed by atoms with E-state index in [0.717, 1.165) is 22.1 Å². The van der Waals surface area contributed by atoms with Crippen LogP contribution in [0.4, 0.5) is 0 Å². The maximum atomic E-state index is 11.8. The number of aromatic nitrogens is 3. The minimum absolute atomic E-state index is 0.0916. The molecule has 4 atom stereocenters. The number of oxime groups is 1. The van der Waals surface area contributed by atoms with Crippen LogP contribution in [-0.2, 0) is 46.6 Å². The normalized spacial score (nSPS) is 18.9. The predicted molar refractivity (Wildman–Crippen MR) is 152 cm³/mol. The van der Waals surface area contributed by atoms with Crippen LogP contribution in [0.1, 0.15) is 41.8 Å². The molecule has 2 aromatic carbocycles. The van der Waals surface area contributed by atoms with Crippen molar-refractivity contribution in [2.45, 2.75) is 51.6 Å². The Kier molecular flexibility index (Phi) is 13.5. The number of carbonyl (C=O) groups is 3. The Morgan fingerprint density at radius 3 is 2.00 bits per heavy atom. The standard InChI is InChI=1S/C17H20N4O7.C12H15NO3/c18-15(25)16-19-9-21(20-16)17-14(24)13(23)11(28-17)7-27-12(22)8-26-6-10-4-2-1-3-5-10;1-10(2)13-16-12(14)9-15-8-11-6-4-3-5-7-11/h1-5,9,11,13-14,17,23-24H,6-8H2,(H2,18,25);3-7H,8-9H2,1-2H3/t11-,13?,14?,17-;/m1./s1. The topological polar surface area (TPSA) is 207 Å². The molecule has 0 spiro atoms. The van der Waals surface area contributed by atoms with Crippen LogP contribution in [0.2, 0.25) is 0 Å². The van der Waals surface area contributed by atoms with Crippen LogP contribution in [0.15, 0.2) is 72.1 Å². The number of amides is 1. The van der Waals surface area contributed by atoms with Gasteiger partial charge in [-0.2, -0.15) is 0 Å². The van der Waals surface area contributed by atoms with Crippen LogP contribution >= 0.6 is 0 Å². The van der Waals surface area contributed by atoms with Gasteiger partial charge in [0.15, 0.2) is 6.23 Å². The summed E-state index contributed by atoms with van der Waals surface area (Å²) in [5.41, 5.74) is 7.70. The van der Waals surface area contributed by atoms with Gasteiger partial charge in [-0.3, -0.25) is 4.79 Å². The lowest BCUT2D eigenvalue weighted by Gasteiger charge is -2.14. The summed E-state index contributed by atoms with van der Waals surface area (Å²) in [5, 5.41) is 27.5. The molecule has 2 unspecified atom stereocenters. The molecule has 236 valence electrons. The highest BCUT2D eigenvalue weighted by molar-refractivity contribution is 5.88. The van der Waals surface area contributed by atoms with Crippen molar-refractivity contribution in [1.29, 1.82) is 0 Å². The van der Waals surface area contributed by atoms with Crippen LogP contribution < -0.4 is 5.73 Å². The Balaban J connectivity index is 0.000000281. The number of hydrogen-bond donors (Lipinski definition) is 3. The summed E-state index contributed by atoms with van der Waals surface area (Å²) in [5.74, 6) is -2.22. The lowest BCUT2D eigenvalue weighted by Crippen LogP contribution is -2.34. The fourth-order valence-corrected chi connectivity index (χ4v) is 3.63. The van der Waals surface area contributed by atoms with Crippen molar-refractivity contribution in [3.8, 4) is 0 Å². The molecule has 0 saturated carbocycles. The third-order valence-electron chi connectivity index (χ3n) is 5.73. The number of benzene rings is 2. The number of aliphatic hydroxyl groups is 2. The Morgan fingerprint density at radius 1 is 0.909 bits per heavy atom. The van der Waals surface area contributed by atoms with Gasteiger partial charge in [-0.25, -0.2) is 19.3 Å². The molecule has 1 aromatic heterocycles. The van der Waals surface area contributed by atoms with Crippen LogP contribution in [0.5, 0.6) is 0 Å². The van der Waals surface area contributed by atoms with E-state index in [1.54, 1.807) is 13.8 Å². The summed E-state index contributed by atoms with van der Waals surface area (Å²) in [6, 6.07) is 18.9. The molecule has 3 aromatic rings. The molecule has 0 radical (unpaired) electrons. The second-order valence-electron chi connectivity index (χ2n) is 9.60. The molecule has 2 heterocycles. The van der Waals surface area contributed by atoms with Crippen molar-refractivity contribution >= 4 is 23.6 Å². The van der Waals surface area contributed by atoms with Crippen LogP contribution in [0.25, 0.3) is 0 Å². The summed E-state index contributed by atoms with van der Waals surface area (Å²) in [6.45, 7) is 3.49. The Hall–Kier alpha value is -4.54. The first kappa shape index (κ1) is 34.0. The fourth-order valence-electron chi connectivity index (χ4n) is 3.63. The highest BCUT2D eigenvalue weighted by Gasteiger charge is 2.45. The highest BCUT2D eigenvalue weighted by Crippen LogP contribution is 2.29. The number of esters is 1. The predicted octanol–water partition coefficient (Wildman–Crippen LogP) is 0.898. The SMILES string of the molecule is CC(C)=NOC(=O)COCc1ccccc1.NC(=O)c1ncn([C@@H]2O[C@H](COC(=O)COCc3ccccc3)C(O)C2O)n1. The number of ether oxygens (including phenoxy) is 4. The summed E-state index contributed by atoms with van der Waals surface area (Å²) in [4.78, 5) is 42.2. The van der Waals surface area contributed by atoms with Gasteiger partial charge in [0.25, 0.3) is 5.91 Å². The summed E-state index contributed by atoms with van der Waals surface area (Å²) < 4.78 is 22.0. The molecule has 1 amide bonds. The molecule has 1 saturated heterocycles. The van der Waals surface area contributed by atoms with Crippen LogP contribution in [-0.4, -0.2) is 86.7 Å². The zero-order valence-corrected chi connectivity index (χ0v) is 24.2. The number of nitrogens with zero attached hydrogens (tertiary/aromatic N) is 4. The summed E-state index contributed by atoms with van der Waals surface area (Å²) in [7, 11) is 0. The van der Waals surface area contributed by atoms with E-state index in [-0.39, 0.29) is 32.3 Å². The Bertz CT molecular complexity index is 1370. The number of carbonyl (C=O) groups excluding carboxylic acids is 3. The van der Waals surface area contributed by atoms with E-state index < -0.39 is 42.4 Å². The zero-order chi connectivity index (χ0) is 31.9. The van der Waals surface area contributed by atoms with Gasteiger partial charge in [-0.15, -0.1) is 5.10 Å². The first-order valence-corrected chi connectivity index (χ1v) is 13.5. The molecule has 15 heteroatoms. The maximum Gasteiger partial charge on any atom is 0.360 e. The molecule has 1 aliphatic rings. The molecule has 0 bridgehead atoms. The van der Waals surface area contributed by atoms with Crippen molar-refractivity contribution in [1.82, 2.24) is 14.8 Å². The minimum atomic E-state index is -1.36. The van der Waals surface area contributed by atoms with Gasteiger partial charge in [0.1, 0.15) is 44.5 Å². The van der Waals surface area contributed by atoms with Crippen molar-refractivity contribution in [3.05, 3.63) is 83.9 Å². The average Bonchev–Trinajstić information content (AvgIpc) is 3.61. The first-order chi connectivity index (χ1) is 21.1. The minimum Gasteiger partial charge on any atom is -0.461 e. The van der Waals surface area contributed by atoms with E-state index in [1.807, 2.05) is 60.7 Å². The fraction of sp³-hybridized carbons (Fsp3) is 0.379. The Labute approximate surface area is 253 Å². The number of hydrogen-bond acceptors (Lipinski definition) is 13. The smallest absolute Gasteiger partial charge is 0.360 e. The highest BCUT2D eigenvalue weighted by atomic mass is 16.7. The number of nitrogens with two attached hydrogens (primary N) is 1. The number of rotatable bonds is 13. The largest absolute Gasteiger partial charge is 0.461 e. The summed E-state index contributed by atoms with van der Waals surface area (Å²) in [6.07, 6.45) is -3.63. The molecule has 1 aliphatic heterocycles. The third-order valence-corrected chi connectivity index (χ3v) is 5.73. The van der Waals surface area contributed by atoms with E-state index in [0.29, 0.717) is 12.3 Å². The molecule has 4 rings (SSSR count). The molecule has 4 N–H and O–H groups in total. The third kappa shape index (κ3) is 11.3. The second kappa shape index (κ2) is 17.5.